The molecule has 0 aromatic heterocycles. The first-order valence-corrected chi connectivity index (χ1v) is 6.27. The maximum absolute atomic E-state index is 9.55. The fourth-order valence-electron chi connectivity index (χ4n) is 2.73. The number of fused-ring (bicyclic) bond motifs is 1. The highest BCUT2D eigenvalue weighted by Gasteiger charge is 2.29. The van der Waals surface area contributed by atoms with Gasteiger partial charge in [0, 0.05) is 18.3 Å². The number of nitrogens with zero attached hydrogens (tertiary/aromatic N) is 1. The molecule has 0 amide bonds. The molecule has 1 aromatic carbocycles. The van der Waals surface area contributed by atoms with E-state index in [1.165, 1.54) is 11.3 Å². The van der Waals surface area contributed by atoms with Gasteiger partial charge >= 0.3 is 0 Å². The monoisotopic (exact) mass is 235 g/mol. The summed E-state index contributed by atoms with van der Waals surface area (Å²) in [5, 5.41) is 9.55. The number of rotatable bonds is 4. The number of aliphatic hydroxyl groups is 1. The van der Waals surface area contributed by atoms with Crippen LogP contribution in [0.2, 0.25) is 0 Å². The summed E-state index contributed by atoms with van der Waals surface area (Å²) in [6.07, 6.45) is 1.58. The van der Waals surface area contributed by atoms with Crippen molar-refractivity contribution in [2.45, 2.75) is 38.8 Å². The van der Waals surface area contributed by atoms with Crippen molar-refractivity contribution in [1.29, 1.82) is 0 Å². The lowest BCUT2D eigenvalue weighted by molar-refractivity contribution is 0.174. The van der Waals surface area contributed by atoms with Crippen molar-refractivity contribution >= 4 is 5.69 Å². The van der Waals surface area contributed by atoms with Crippen LogP contribution in [0.15, 0.2) is 18.2 Å². The van der Waals surface area contributed by atoms with Gasteiger partial charge < -0.3 is 14.7 Å². The zero-order valence-corrected chi connectivity index (χ0v) is 10.8. The molecule has 0 saturated carbocycles. The summed E-state index contributed by atoms with van der Waals surface area (Å²) in [7, 11) is 1.70. The van der Waals surface area contributed by atoms with E-state index in [1.807, 2.05) is 13.0 Å². The van der Waals surface area contributed by atoms with Crippen molar-refractivity contribution in [3.05, 3.63) is 23.8 Å². The zero-order valence-electron chi connectivity index (χ0n) is 10.8. The molecule has 0 radical (unpaired) electrons. The van der Waals surface area contributed by atoms with Crippen molar-refractivity contribution in [3.8, 4) is 5.75 Å². The fraction of sp³-hybridized carbons (Fsp3) is 0.571. The molecule has 0 fully saturated rings. The molecule has 0 spiro atoms. The van der Waals surface area contributed by atoms with E-state index in [0.29, 0.717) is 6.04 Å². The van der Waals surface area contributed by atoms with Crippen molar-refractivity contribution in [3.63, 3.8) is 0 Å². The van der Waals surface area contributed by atoms with Gasteiger partial charge in [0.15, 0.2) is 0 Å². The van der Waals surface area contributed by atoms with Gasteiger partial charge in [-0.3, -0.25) is 0 Å². The lowest BCUT2D eigenvalue weighted by Gasteiger charge is -2.27. The Hall–Kier alpha value is -1.22. The third-order valence-electron chi connectivity index (χ3n) is 3.45. The number of benzene rings is 1. The molecule has 2 unspecified atom stereocenters. The smallest absolute Gasteiger partial charge is 0.119 e. The minimum absolute atomic E-state index is 0.245. The second-order valence-corrected chi connectivity index (χ2v) is 4.72. The molecule has 1 heterocycles. The molecule has 2 rings (SSSR count). The fourth-order valence-corrected chi connectivity index (χ4v) is 2.73. The Morgan fingerprint density at radius 2 is 2.29 bits per heavy atom. The first-order valence-electron chi connectivity index (χ1n) is 6.27. The quantitative estimate of drug-likeness (QED) is 0.868. The molecule has 3 heteroatoms. The van der Waals surface area contributed by atoms with Gasteiger partial charge in [-0.05, 0) is 50.5 Å². The normalized spacial score (nSPS) is 20.2. The number of likely N-dealkylation sites (N-methyl/N-ethyl adjacent to an activating group) is 1. The first kappa shape index (κ1) is 12.2. The van der Waals surface area contributed by atoms with E-state index in [2.05, 4.69) is 24.0 Å². The number of ether oxygens (including phenoxy) is 1. The third-order valence-corrected chi connectivity index (χ3v) is 3.45. The Labute approximate surface area is 103 Å². The van der Waals surface area contributed by atoms with E-state index in [4.69, 9.17) is 4.74 Å². The molecule has 1 N–H and O–H groups in total. The van der Waals surface area contributed by atoms with Crippen LogP contribution in [0, 0.1) is 0 Å². The van der Waals surface area contributed by atoms with Crippen LogP contribution >= 0.6 is 0 Å². The summed E-state index contributed by atoms with van der Waals surface area (Å²) < 4.78 is 5.26. The van der Waals surface area contributed by atoms with Crippen LogP contribution in [-0.2, 0) is 6.42 Å². The minimum Gasteiger partial charge on any atom is -0.497 e. The number of hydrogen-bond donors (Lipinski definition) is 1. The van der Waals surface area contributed by atoms with Gasteiger partial charge in [-0.25, -0.2) is 0 Å². The maximum atomic E-state index is 9.55. The highest BCUT2D eigenvalue weighted by Crippen LogP contribution is 2.35. The summed E-state index contributed by atoms with van der Waals surface area (Å²) in [5.41, 5.74) is 2.62. The molecule has 1 aromatic rings. The summed E-state index contributed by atoms with van der Waals surface area (Å²) in [6, 6.07) is 6.66. The van der Waals surface area contributed by atoms with Crippen LogP contribution in [0.3, 0.4) is 0 Å². The van der Waals surface area contributed by atoms with Crippen molar-refractivity contribution in [2.75, 3.05) is 18.6 Å². The van der Waals surface area contributed by atoms with Gasteiger partial charge in [0.2, 0.25) is 0 Å². The van der Waals surface area contributed by atoms with Crippen LogP contribution in [-0.4, -0.2) is 30.9 Å². The molecule has 2 atom stereocenters. The maximum Gasteiger partial charge on any atom is 0.119 e. The van der Waals surface area contributed by atoms with Crippen LogP contribution in [0.25, 0.3) is 0 Å². The van der Waals surface area contributed by atoms with Crippen LogP contribution in [0.5, 0.6) is 5.75 Å². The van der Waals surface area contributed by atoms with Crippen molar-refractivity contribution in [1.82, 2.24) is 0 Å². The van der Waals surface area contributed by atoms with Gasteiger partial charge in [-0.15, -0.1) is 0 Å². The summed E-state index contributed by atoms with van der Waals surface area (Å²) in [5.74, 6) is 0.914. The van der Waals surface area contributed by atoms with Gasteiger partial charge in [-0.2, -0.15) is 0 Å². The van der Waals surface area contributed by atoms with Gasteiger partial charge in [-0.1, -0.05) is 0 Å². The van der Waals surface area contributed by atoms with Crippen molar-refractivity contribution < 1.29 is 9.84 Å². The van der Waals surface area contributed by atoms with Crippen molar-refractivity contribution in [2.24, 2.45) is 0 Å². The summed E-state index contributed by atoms with van der Waals surface area (Å²) in [4.78, 5) is 2.38. The SMILES string of the molecule is CCN1c2ccc(OC)cc2CC1CC(C)O. The molecular weight excluding hydrogens is 214 g/mol. The topological polar surface area (TPSA) is 32.7 Å². The largest absolute Gasteiger partial charge is 0.497 e. The molecule has 1 aliphatic rings. The Morgan fingerprint density at radius 1 is 1.53 bits per heavy atom. The molecule has 1 aliphatic heterocycles. The van der Waals surface area contributed by atoms with E-state index in [1.54, 1.807) is 7.11 Å². The molecule has 0 bridgehead atoms. The number of aliphatic hydroxyl groups excluding tert-OH is 1. The van der Waals surface area contributed by atoms with Crippen LogP contribution in [0.4, 0.5) is 5.69 Å². The molecule has 3 nitrogen and oxygen atoms in total. The van der Waals surface area contributed by atoms with Gasteiger partial charge in [0.1, 0.15) is 5.75 Å². The van der Waals surface area contributed by atoms with Crippen LogP contribution in [0.1, 0.15) is 25.8 Å². The highest BCUT2D eigenvalue weighted by molar-refractivity contribution is 5.61. The standard InChI is InChI=1S/C14H21NO2/c1-4-15-12(7-10(2)16)8-11-9-13(17-3)5-6-14(11)15/h5-6,9-10,12,16H,4,7-8H2,1-3H3. The predicted octanol–water partition coefficient (Wildman–Crippen LogP) is 2.22. The molecule has 94 valence electrons. The second kappa shape index (κ2) is 4.96. The zero-order chi connectivity index (χ0) is 12.4. The van der Waals surface area contributed by atoms with E-state index < -0.39 is 0 Å². The summed E-state index contributed by atoms with van der Waals surface area (Å²) in [6.45, 7) is 5.00. The molecular formula is C14H21NO2. The Balaban J connectivity index is 2.24. The van der Waals surface area contributed by atoms with Gasteiger partial charge in [0.05, 0.1) is 13.2 Å². The highest BCUT2D eigenvalue weighted by atomic mass is 16.5. The van der Waals surface area contributed by atoms with E-state index in [9.17, 15) is 5.11 Å². The molecule has 0 saturated heterocycles. The lowest BCUT2D eigenvalue weighted by Crippen LogP contribution is -2.34. The van der Waals surface area contributed by atoms with Crippen LogP contribution < -0.4 is 9.64 Å². The average Bonchev–Trinajstić information content (AvgIpc) is 2.63. The average molecular weight is 235 g/mol. The predicted molar refractivity (Wildman–Crippen MR) is 69.8 cm³/mol. The first-order chi connectivity index (χ1) is 8.15. The lowest BCUT2D eigenvalue weighted by atomic mass is 10.0. The van der Waals surface area contributed by atoms with E-state index >= 15 is 0 Å². The number of anilines is 1. The Kier molecular flexibility index (Phi) is 3.57. The third kappa shape index (κ3) is 2.39. The summed E-state index contributed by atoms with van der Waals surface area (Å²) >= 11 is 0. The van der Waals surface area contributed by atoms with E-state index in [0.717, 1.165) is 25.1 Å². The Morgan fingerprint density at radius 3 is 2.88 bits per heavy atom. The minimum atomic E-state index is -0.245. The van der Waals surface area contributed by atoms with Gasteiger partial charge in [0.25, 0.3) is 0 Å². The molecule has 17 heavy (non-hydrogen) atoms. The second-order valence-electron chi connectivity index (χ2n) is 4.72. The Bertz CT molecular complexity index is 390. The van der Waals surface area contributed by atoms with E-state index in [-0.39, 0.29) is 6.10 Å². The number of methoxy groups -OCH3 is 1. The number of hydrogen-bond acceptors (Lipinski definition) is 3. The molecule has 0 aliphatic carbocycles.